The van der Waals surface area contributed by atoms with Gasteiger partial charge < -0.3 is 19.6 Å². The third-order valence-corrected chi connectivity index (χ3v) is 4.92. The first-order chi connectivity index (χ1) is 6.85. The summed E-state index contributed by atoms with van der Waals surface area (Å²) in [5.41, 5.74) is -0.701. The first-order valence-electron chi connectivity index (χ1n) is 5.21. The SMILES string of the molecule is CCC(CC)(OC1(CO)CC1)P(=O)(O)O. The van der Waals surface area contributed by atoms with Crippen molar-refractivity contribution in [3.8, 4) is 0 Å². The average Bonchev–Trinajstić information content (AvgIpc) is 2.93. The molecule has 6 heteroatoms. The highest BCUT2D eigenvalue weighted by atomic mass is 31.2. The standard InChI is InChI=1S/C9H19O5P/c1-3-9(4-2,15(11,12)13)14-8(7-10)5-6-8/h10H,3-7H2,1-2H3,(H2,11,12,13). The molecular formula is C9H19O5P. The van der Waals surface area contributed by atoms with Crippen LogP contribution in [0.25, 0.3) is 0 Å². The van der Waals surface area contributed by atoms with E-state index in [0.29, 0.717) is 12.8 Å². The Bertz CT molecular complexity index is 264. The summed E-state index contributed by atoms with van der Waals surface area (Å²) in [5, 5.41) is 7.67. The second kappa shape index (κ2) is 4.15. The van der Waals surface area contributed by atoms with Gasteiger partial charge in [-0.1, -0.05) is 13.8 Å². The monoisotopic (exact) mass is 238 g/mol. The number of hydrogen-bond donors (Lipinski definition) is 3. The van der Waals surface area contributed by atoms with Crippen LogP contribution in [-0.4, -0.2) is 32.4 Å². The Hall–Kier alpha value is 0.0700. The lowest BCUT2D eigenvalue weighted by atomic mass is 10.2. The summed E-state index contributed by atoms with van der Waals surface area (Å²) in [5.74, 6) is 0. The highest BCUT2D eigenvalue weighted by molar-refractivity contribution is 7.53. The molecule has 0 aromatic carbocycles. The minimum absolute atomic E-state index is 0.172. The van der Waals surface area contributed by atoms with Gasteiger partial charge in [0.15, 0.2) is 5.34 Å². The maximum Gasteiger partial charge on any atom is 0.357 e. The fourth-order valence-corrected chi connectivity index (χ4v) is 2.84. The van der Waals surface area contributed by atoms with Crippen LogP contribution in [0.1, 0.15) is 39.5 Å². The molecule has 0 unspecified atom stereocenters. The molecule has 1 saturated carbocycles. The zero-order valence-corrected chi connectivity index (χ0v) is 10.0. The van der Waals surface area contributed by atoms with Gasteiger partial charge in [0.1, 0.15) is 0 Å². The fraction of sp³-hybridized carbons (Fsp3) is 1.00. The maximum absolute atomic E-state index is 11.4. The minimum atomic E-state index is -4.31. The molecule has 0 bridgehead atoms. The molecule has 0 atom stereocenters. The predicted octanol–water partition coefficient (Wildman–Crippen LogP) is 1.22. The Morgan fingerprint density at radius 3 is 2.00 bits per heavy atom. The summed E-state index contributed by atoms with van der Waals surface area (Å²) in [4.78, 5) is 18.6. The van der Waals surface area contributed by atoms with Crippen LogP contribution in [-0.2, 0) is 9.30 Å². The first kappa shape index (κ1) is 13.1. The summed E-state index contributed by atoms with van der Waals surface area (Å²) in [6.07, 6.45) is 1.83. The third kappa shape index (κ3) is 2.43. The highest BCUT2D eigenvalue weighted by Gasteiger charge is 2.55. The van der Waals surface area contributed by atoms with Crippen LogP contribution in [0, 0.1) is 0 Å². The van der Waals surface area contributed by atoms with Crippen molar-refractivity contribution < 1.29 is 24.2 Å². The summed E-state index contributed by atoms with van der Waals surface area (Å²) in [6.45, 7) is 3.21. The molecule has 1 aliphatic carbocycles. The van der Waals surface area contributed by atoms with E-state index in [-0.39, 0.29) is 19.4 Å². The molecule has 90 valence electrons. The van der Waals surface area contributed by atoms with E-state index in [1.54, 1.807) is 13.8 Å². The molecule has 0 radical (unpaired) electrons. The number of ether oxygens (including phenoxy) is 1. The van der Waals surface area contributed by atoms with Crippen molar-refractivity contribution in [2.45, 2.75) is 50.5 Å². The van der Waals surface area contributed by atoms with Crippen LogP contribution < -0.4 is 0 Å². The summed E-state index contributed by atoms with van der Waals surface area (Å²) < 4.78 is 17.0. The number of aliphatic hydroxyl groups excluding tert-OH is 1. The van der Waals surface area contributed by atoms with Crippen molar-refractivity contribution in [2.75, 3.05) is 6.61 Å². The maximum atomic E-state index is 11.4. The van der Waals surface area contributed by atoms with Crippen LogP contribution in [0.5, 0.6) is 0 Å². The largest absolute Gasteiger partial charge is 0.393 e. The predicted molar refractivity (Wildman–Crippen MR) is 55.5 cm³/mol. The topological polar surface area (TPSA) is 87.0 Å². The molecule has 15 heavy (non-hydrogen) atoms. The Labute approximate surface area is 89.6 Å². The fourth-order valence-electron chi connectivity index (χ4n) is 1.70. The van der Waals surface area contributed by atoms with Gasteiger partial charge in [-0.05, 0) is 25.7 Å². The molecule has 5 nitrogen and oxygen atoms in total. The van der Waals surface area contributed by atoms with Gasteiger partial charge >= 0.3 is 7.60 Å². The Morgan fingerprint density at radius 2 is 1.80 bits per heavy atom. The second-order valence-corrected chi connectivity index (χ2v) is 6.04. The summed E-state index contributed by atoms with van der Waals surface area (Å²) in [6, 6.07) is 0. The molecule has 0 spiro atoms. The molecule has 0 amide bonds. The van der Waals surface area contributed by atoms with Crippen LogP contribution in [0.3, 0.4) is 0 Å². The summed E-state index contributed by atoms with van der Waals surface area (Å²) >= 11 is 0. The molecule has 0 aliphatic heterocycles. The molecule has 0 aromatic heterocycles. The van der Waals surface area contributed by atoms with Gasteiger partial charge in [-0.2, -0.15) is 0 Å². The number of rotatable bonds is 6. The van der Waals surface area contributed by atoms with Crippen molar-refractivity contribution in [1.82, 2.24) is 0 Å². The third-order valence-electron chi connectivity index (χ3n) is 3.14. The average molecular weight is 238 g/mol. The molecule has 1 fully saturated rings. The molecule has 3 N–H and O–H groups in total. The van der Waals surface area contributed by atoms with E-state index >= 15 is 0 Å². The molecule has 0 heterocycles. The lowest BCUT2D eigenvalue weighted by Gasteiger charge is -2.35. The molecular weight excluding hydrogens is 219 g/mol. The van der Waals surface area contributed by atoms with Gasteiger partial charge in [0.2, 0.25) is 0 Å². The van der Waals surface area contributed by atoms with E-state index < -0.39 is 18.5 Å². The first-order valence-corrected chi connectivity index (χ1v) is 6.82. The van der Waals surface area contributed by atoms with Crippen molar-refractivity contribution >= 4 is 7.60 Å². The zero-order valence-electron chi connectivity index (χ0n) is 9.14. The van der Waals surface area contributed by atoms with Gasteiger partial charge in [0.05, 0.1) is 12.2 Å². The Kier molecular flexibility index (Phi) is 3.63. The normalized spacial score (nSPS) is 20.3. The van der Waals surface area contributed by atoms with Gasteiger partial charge in [-0.3, -0.25) is 4.57 Å². The van der Waals surface area contributed by atoms with E-state index in [2.05, 4.69) is 0 Å². The second-order valence-electron chi connectivity index (χ2n) is 4.14. The van der Waals surface area contributed by atoms with Gasteiger partial charge in [-0.25, -0.2) is 0 Å². The van der Waals surface area contributed by atoms with Crippen molar-refractivity contribution in [3.63, 3.8) is 0 Å². The Balaban J connectivity index is 2.87. The van der Waals surface area contributed by atoms with E-state index in [1.807, 2.05) is 0 Å². The molecule has 1 aliphatic rings. The minimum Gasteiger partial charge on any atom is -0.393 e. The van der Waals surface area contributed by atoms with Gasteiger partial charge in [-0.15, -0.1) is 0 Å². The molecule has 0 aromatic rings. The van der Waals surface area contributed by atoms with Gasteiger partial charge in [0, 0.05) is 0 Å². The van der Waals surface area contributed by atoms with Crippen molar-refractivity contribution in [1.29, 1.82) is 0 Å². The molecule has 1 rings (SSSR count). The van der Waals surface area contributed by atoms with Crippen LogP contribution in [0.15, 0.2) is 0 Å². The van der Waals surface area contributed by atoms with Gasteiger partial charge in [0.25, 0.3) is 0 Å². The quantitative estimate of drug-likeness (QED) is 0.606. The number of aliphatic hydroxyl groups is 1. The van der Waals surface area contributed by atoms with E-state index in [9.17, 15) is 14.4 Å². The van der Waals surface area contributed by atoms with Crippen molar-refractivity contribution in [3.05, 3.63) is 0 Å². The van der Waals surface area contributed by atoms with Crippen molar-refractivity contribution in [2.24, 2.45) is 0 Å². The van der Waals surface area contributed by atoms with E-state index in [0.717, 1.165) is 0 Å². The zero-order chi connectivity index (χ0) is 11.7. The van der Waals surface area contributed by atoms with Crippen LogP contribution in [0.2, 0.25) is 0 Å². The van der Waals surface area contributed by atoms with Crippen LogP contribution >= 0.6 is 7.60 Å². The lowest BCUT2D eigenvalue weighted by Crippen LogP contribution is -2.38. The van der Waals surface area contributed by atoms with E-state index in [4.69, 9.17) is 9.84 Å². The van der Waals surface area contributed by atoms with E-state index in [1.165, 1.54) is 0 Å². The smallest absolute Gasteiger partial charge is 0.357 e. The lowest BCUT2D eigenvalue weighted by molar-refractivity contribution is -0.0947. The molecule has 0 saturated heterocycles. The Morgan fingerprint density at radius 1 is 1.33 bits per heavy atom. The summed E-state index contributed by atoms with van der Waals surface area (Å²) in [7, 11) is -4.31. The number of hydrogen-bond acceptors (Lipinski definition) is 3. The van der Waals surface area contributed by atoms with Crippen LogP contribution in [0.4, 0.5) is 0 Å². The highest BCUT2D eigenvalue weighted by Crippen LogP contribution is 2.59.